The molecule has 0 unspecified atom stereocenters. The lowest BCUT2D eigenvalue weighted by molar-refractivity contribution is 0.0698. The van der Waals surface area contributed by atoms with Crippen LogP contribution in [0, 0.1) is 5.92 Å². The molecule has 0 spiro atoms. The fraction of sp³-hybridized carbons (Fsp3) is 0.643. The summed E-state index contributed by atoms with van der Waals surface area (Å²) in [6, 6.07) is 1.87. The predicted molar refractivity (Wildman–Crippen MR) is 74.9 cm³/mol. The first-order chi connectivity index (χ1) is 8.41. The highest BCUT2D eigenvalue weighted by Crippen LogP contribution is 2.34. The number of carboxylic acid groups (broad SMARTS) is 1. The van der Waals surface area contributed by atoms with Crippen LogP contribution in [0.5, 0.6) is 5.75 Å². The van der Waals surface area contributed by atoms with E-state index < -0.39 is 5.97 Å². The zero-order chi connectivity index (χ0) is 13.7. The summed E-state index contributed by atoms with van der Waals surface area (Å²) in [5.74, 6) is 0.619. The molecule has 0 saturated carbocycles. The van der Waals surface area contributed by atoms with E-state index in [2.05, 4.69) is 27.7 Å². The Morgan fingerprint density at radius 1 is 1.39 bits per heavy atom. The quantitative estimate of drug-likeness (QED) is 0.748. The molecule has 0 atom stereocenters. The van der Waals surface area contributed by atoms with Crippen molar-refractivity contribution in [2.45, 2.75) is 46.5 Å². The molecule has 1 N–H and O–H groups in total. The fourth-order valence-electron chi connectivity index (χ4n) is 1.61. The average Bonchev–Trinajstić information content (AvgIpc) is 2.68. The summed E-state index contributed by atoms with van der Waals surface area (Å²) in [6.07, 6.45) is 2.06. The molecule has 102 valence electrons. The van der Waals surface area contributed by atoms with E-state index in [-0.39, 0.29) is 0 Å². The summed E-state index contributed by atoms with van der Waals surface area (Å²) in [6.45, 7) is 9.04. The maximum Gasteiger partial charge on any atom is 0.349 e. The Labute approximate surface area is 113 Å². The molecule has 0 aliphatic rings. The standard InChI is InChI=1S/C14H22O3S/c1-9(2)6-5-7-17-11-8-12(10(3)4)18-13(11)14(15)16/h8-10H,5-7H2,1-4H3,(H,15,16). The van der Waals surface area contributed by atoms with Crippen LogP contribution >= 0.6 is 11.3 Å². The molecule has 1 aromatic heterocycles. The van der Waals surface area contributed by atoms with Crippen molar-refractivity contribution in [3.8, 4) is 5.75 Å². The van der Waals surface area contributed by atoms with E-state index >= 15 is 0 Å². The fourth-order valence-corrected chi connectivity index (χ4v) is 2.55. The van der Waals surface area contributed by atoms with Crippen molar-refractivity contribution in [1.29, 1.82) is 0 Å². The molecule has 0 aliphatic carbocycles. The smallest absolute Gasteiger partial charge is 0.349 e. The highest BCUT2D eigenvalue weighted by atomic mass is 32.1. The normalized spacial score (nSPS) is 11.2. The van der Waals surface area contributed by atoms with E-state index in [1.807, 2.05) is 6.07 Å². The first-order valence-electron chi connectivity index (χ1n) is 6.41. The lowest BCUT2D eigenvalue weighted by Crippen LogP contribution is -2.02. The van der Waals surface area contributed by atoms with Crippen LogP contribution < -0.4 is 4.74 Å². The Balaban J connectivity index is 2.65. The van der Waals surface area contributed by atoms with Gasteiger partial charge in [-0.3, -0.25) is 0 Å². The van der Waals surface area contributed by atoms with Gasteiger partial charge in [-0.05, 0) is 30.7 Å². The van der Waals surface area contributed by atoms with Crippen molar-refractivity contribution >= 4 is 17.3 Å². The SMILES string of the molecule is CC(C)CCCOc1cc(C(C)C)sc1C(=O)O. The Morgan fingerprint density at radius 2 is 2.06 bits per heavy atom. The molecular weight excluding hydrogens is 248 g/mol. The molecular formula is C14H22O3S. The molecule has 0 saturated heterocycles. The van der Waals surface area contributed by atoms with Crippen LogP contribution in [0.1, 0.15) is 61.0 Å². The van der Waals surface area contributed by atoms with E-state index in [4.69, 9.17) is 9.84 Å². The van der Waals surface area contributed by atoms with Gasteiger partial charge in [-0.2, -0.15) is 0 Å². The third kappa shape index (κ3) is 4.33. The Morgan fingerprint density at radius 3 is 2.56 bits per heavy atom. The van der Waals surface area contributed by atoms with Crippen LogP contribution in [0.4, 0.5) is 0 Å². The molecule has 1 rings (SSSR count). The summed E-state index contributed by atoms with van der Waals surface area (Å²) in [5.41, 5.74) is 0. The molecule has 0 fully saturated rings. The van der Waals surface area contributed by atoms with Gasteiger partial charge in [-0.1, -0.05) is 27.7 Å². The largest absolute Gasteiger partial charge is 0.492 e. The van der Waals surface area contributed by atoms with Crippen molar-refractivity contribution < 1.29 is 14.6 Å². The van der Waals surface area contributed by atoms with E-state index in [0.29, 0.717) is 29.1 Å². The third-order valence-electron chi connectivity index (χ3n) is 2.66. The summed E-state index contributed by atoms with van der Waals surface area (Å²) in [5, 5.41) is 9.14. The van der Waals surface area contributed by atoms with E-state index in [1.165, 1.54) is 11.3 Å². The molecule has 0 amide bonds. The lowest BCUT2D eigenvalue weighted by atomic mass is 10.1. The topological polar surface area (TPSA) is 46.5 Å². The van der Waals surface area contributed by atoms with Crippen LogP contribution in [-0.4, -0.2) is 17.7 Å². The number of hydrogen-bond donors (Lipinski definition) is 1. The average molecular weight is 270 g/mol. The molecule has 0 aromatic carbocycles. The van der Waals surface area contributed by atoms with Gasteiger partial charge in [-0.15, -0.1) is 11.3 Å². The van der Waals surface area contributed by atoms with Gasteiger partial charge in [0.2, 0.25) is 0 Å². The van der Waals surface area contributed by atoms with Gasteiger partial charge in [0.15, 0.2) is 4.88 Å². The highest BCUT2D eigenvalue weighted by Gasteiger charge is 2.18. The second kappa shape index (κ2) is 6.78. The van der Waals surface area contributed by atoms with E-state index in [9.17, 15) is 4.79 Å². The number of aromatic carboxylic acids is 1. The maximum atomic E-state index is 11.1. The van der Waals surface area contributed by atoms with Gasteiger partial charge in [0.05, 0.1) is 6.61 Å². The van der Waals surface area contributed by atoms with Crippen molar-refractivity contribution in [3.63, 3.8) is 0 Å². The van der Waals surface area contributed by atoms with Crippen LogP contribution in [0.2, 0.25) is 0 Å². The van der Waals surface area contributed by atoms with E-state index in [1.54, 1.807) is 0 Å². The Hall–Kier alpha value is -1.03. The van der Waals surface area contributed by atoms with Crippen LogP contribution in [0.3, 0.4) is 0 Å². The first kappa shape index (κ1) is 15.0. The molecule has 0 aliphatic heterocycles. The van der Waals surface area contributed by atoms with Gasteiger partial charge in [0.25, 0.3) is 0 Å². The van der Waals surface area contributed by atoms with Gasteiger partial charge < -0.3 is 9.84 Å². The number of carbonyl (C=O) groups is 1. The minimum Gasteiger partial charge on any atom is -0.492 e. The molecule has 1 heterocycles. The van der Waals surface area contributed by atoms with Gasteiger partial charge in [0.1, 0.15) is 5.75 Å². The van der Waals surface area contributed by atoms with Crippen LogP contribution in [-0.2, 0) is 0 Å². The zero-order valence-electron chi connectivity index (χ0n) is 11.5. The molecule has 3 nitrogen and oxygen atoms in total. The number of rotatable bonds is 7. The third-order valence-corrected chi connectivity index (χ3v) is 4.07. The zero-order valence-corrected chi connectivity index (χ0v) is 12.3. The minimum absolute atomic E-state index is 0.322. The summed E-state index contributed by atoms with van der Waals surface area (Å²) in [4.78, 5) is 12.5. The number of hydrogen-bond acceptors (Lipinski definition) is 3. The van der Waals surface area contributed by atoms with Crippen molar-refractivity contribution in [1.82, 2.24) is 0 Å². The Kier molecular flexibility index (Phi) is 5.66. The summed E-state index contributed by atoms with van der Waals surface area (Å²) < 4.78 is 5.61. The van der Waals surface area contributed by atoms with Gasteiger partial charge in [0, 0.05) is 4.88 Å². The second-order valence-electron chi connectivity index (χ2n) is 5.19. The highest BCUT2D eigenvalue weighted by molar-refractivity contribution is 7.14. The second-order valence-corrected chi connectivity index (χ2v) is 6.27. The maximum absolute atomic E-state index is 11.1. The number of ether oxygens (including phenoxy) is 1. The molecule has 4 heteroatoms. The van der Waals surface area contributed by atoms with Crippen molar-refractivity contribution in [3.05, 3.63) is 15.8 Å². The summed E-state index contributed by atoms with van der Waals surface area (Å²) in [7, 11) is 0. The van der Waals surface area contributed by atoms with Crippen molar-refractivity contribution in [2.24, 2.45) is 5.92 Å². The van der Waals surface area contributed by atoms with E-state index in [0.717, 1.165) is 17.7 Å². The first-order valence-corrected chi connectivity index (χ1v) is 7.23. The lowest BCUT2D eigenvalue weighted by Gasteiger charge is -2.06. The van der Waals surface area contributed by atoms with Crippen LogP contribution in [0.25, 0.3) is 0 Å². The molecule has 0 radical (unpaired) electrons. The predicted octanol–water partition coefficient (Wildman–Crippen LogP) is 4.38. The Bertz CT molecular complexity index is 394. The van der Waals surface area contributed by atoms with Crippen molar-refractivity contribution in [2.75, 3.05) is 6.61 Å². The minimum atomic E-state index is -0.897. The van der Waals surface area contributed by atoms with Gasteiger partial charge in [-0.25, -0.2) is 4.79 Å². The number of thiophene rings is 1. The summed E-state index contributed by atoms with van der Waals surface area (Å²) >= 11 is 1.32. The monoisotopic (exact) mass is 270 g/mol. The van der Waals surface area contributed by atoms with Crippen LogP contribution in [0.15, 0.2) is 6.07 Å². The number of carboxylic acids is 1. The molecule has 18 heavy (non-hydrogen) atoms. The molecule has 1 aromatic rings. The van der Waals surface area contributed by atoms with Gasteiger partial charge >= 0.3 is 5.97 Å². The molecule has 0 bridgehead atoms.